The summed E-state index contributed by atoms with van der Waals surface area (Å²) in [5.74, 6) is 0.958. The van der Waals surface area contributed by atoms with Crippen molar-refractivity contribution < 1.29 is 28.2 Å². The number of phenolic OH excluding ortho intramolecular Hbond substituents is 1. The van der Waals surface area contributed by atoms with E-state index in [-0.39, 0.29) is 56.8 Å². The Morgan fingerprint density at radius 1 is 1.20 bits per heavy atom. The van der Waals surface area contributed by atoms with E-state index in [4.69, 9.17) is 20.9 Å². The number of nitrogens with zero attached hydrogens (tertiary/aromatic N) is 5. The number of hydrogen-bond donors (Lipinski definition) is 2. The second-order valence-electron chi connectivity index (χ2n) is 13.2. The van der Waals surface area contributed by atoms with Gasteiger partial charge < -0.3 is 24.8 Å². The average Bonchev–Trinajstić information content (AvgIpc) is 3.91. The first-order valence-corrected chi connectivity index (χ1v) is 16.7. The van der Waals surface area contributed by atoms with Crippen LogP contribution in [0.4, 0.5) is 14.6 Å². The predicted octanol–water partition coefficient (Wildman–Crippen LogP) is 4.96. The third kappa shape index (κ3) is 6.73. The lowest BCUT2D eigenvalue weighted by molar-refractivity contribution is -0.117. The zero-order valence-corrected chi connectivity index (χ0v) is 27.2. The third-order valence-corrected chi connectivity index (χ3v) is 9.72. The number of carbonyl (C=O) groups excluding carboxylic acids is 1. The third-order valence-electron chi connectivity index (χ3n) is 9.72. The van der Waals surface area contributed by atoms with Crippen LogP contribution in [0.2, 0.25) is 0 Å². The van der Waals surface area contributed by atoms with Crippen molar-refractivity contribution in [3.63, 3.8) is 0 Å². The van der Waals surface area contributed by atoms with Crippen molar-refractivity contribution in [1.82, 2.24) is 25.2 Å². The van der Waals surface area contributed by atoms with E-state index in [1.165, 1.54) is 36.5 Å². The second-order valence-corrected chi connectivity index (χ2v) is 13.2. The molecule has 1 aliphatic carbocycles. The number of fused-ring (bicyclic) bond motifs is 2. The first-order valence-electron chi connectivity index (χ1n) is 16.7. The van der Waals surface area contributed by atoms with E-state index in [1.807, 2.05) is 4.90 Å². The summed E-state index contributed by atoms with van der Waals surface area (Å²) >= 11 is 0. The van der Waals surface area contributed by atoms with Gasteiger partial charge in [-0.05, 0) is 61.8 Å². The number of terminal acetylenes is 1. The van der Waals surface area contributed by atoms with Gasteiger partial charge in [-0.2, -0.15) is 9.97 Å². The highest BCUT2D eigenvalue weighted by Crippen LogP contribution is 2.47. The molecule has 3 fully saturated rings. The monoisotopic (exact) mass is 668 g/mol. The zero-order chi connectivity index (χ0) is 34.1. The fourth-order valence-electron chi connectivity index (χ4n) is 6.96. The lowest BCUT2D eigenvalue weighted by atomic mass is 9.96. The molecule has 12 heteroatoms. The minimum absolute atomic E-state index is 0.0267. The molecule has 0 radical (unpaired) electrons. The number of anilines is 1. The van der Waals surface area contributed by atoms with Crippen LogP contribution in [0.25, 0.3) is 32.9 Å². The van der Waals surface area contributed by atoms with Crippen molar-refractivity contribution >= 4 is 33.4 Å². The van der Waals surface area contributed by atoms with Crippen molar-refractivity contribution in [3.8, 4) is 35.4 Å². The fourth-order valence-corrected chi connectivity index (χ4v) is 6.96. The number of ether oxygens (including phenoxy) is 2. The second kappa shape index (κ2) is 13.6. The molecule has 0 spiro atoms. The SMILES string of the molecule is C#Cc1c(F)ccc2cc(O)cc(-c3ncc4c(N5CCCC[C@H](NC(=O)C=C)C5)nc(OCC5(CN6CCOCC6)CC5)nc4c3F)c12. The molecule has 4 aromatic rings. The van der Waals surface area contributed by atoms with Crippen LogP contribution < -0.4 is 15.0 Å². The highest BCUT2D eigenvalue weighted by atomic mass is 19.1. The number of nitrogens with one attached hydrogen (secondary N) is 1. The largest absolute Gasteiger partial charge is 0.508 e. The molecule has 7 rings (SSSR count). The molecule has 1 atom stereocenters. The molecular weight excluding hydrogens is 630 g/mol. The number of pyridine rings is 1. The summed E-state index contributed by atoms with van der Waals surface area (Å²) in [6.07, 6.45) is 12.9. The van der Waals surface area contributed by atoms with Crippen LogP contribution >= 0.6 is 0 Å². The summed E-state index contributed by atoms with van der Waals surface area (Å²) in [7, 11) is 0. The molecule has 254 valence electrons. The van der Waals surface area contributed by atoms with Gasteiger partial charge in [0.1, 0.15) is 28.6 Å². The normalized spacial score (nSPS) is 19.3. The summed E-state index contributed by atoms with van der Waals surface area (Å²) < 4.78 is 43.6. The summed E-state index contributed by atoms with van der Waals surface area (Å²) in [6.45, 7) is 9.00. The van der Waals surface area contributed by atoms with Gasteiger partial charge in [-0.15, -0.1) is 6.42 Å². The topological polar surface area (TPSA) is 113 Å². The molecule has 0 unspecified atom stereocenters. The number of halogens is 2. The van der Waals surface area contributed by atoms with E-state index < -0.39 is 11.6 Å². The van der Waals surface area contributed by atoms with Gasteiger partial charge in [-0.3, -0.25) is 14.7 Å². The maximum atomic E-state index is 16.9. The van der Waals surface area contributed by atoms with E-state index >= 15 is 4.39 Å². The van der Waals surface area contributed by atoms with Crippen molar-refractivity contribution in [2.45, 2.75) is 38.1 Å². The Morgan fingerprint density at radius 2 is 2.02 bits per heavy atom. The van der Waals surface area contributed by atoms with Gasteiger partial charge in [0.05, 0.1) is 30.8 Å². The smallest absolute Gasteiger partial charge is 0.319 e. The van der Waals surface area contributed by atoms with Gasteiger partial charge in [-0.25, -0.2) is 8.78 Å². The molecule has 3 aliphatic rings. The predicted molar refractivity (Wildman–Crippen MR) is 182 cm³/mol. The number of morpholine rings is 1. The molecule has 1 amide bonds. The summed E-state index contributed by atoms with van der Waals surface area (Å²) in [5.41, 5.74) is -0.156. The zero-order valence-electron chi connectivity index (χ0n) is 27.2. The number of amides is 1. The van der Waals surface area contributed by atoms with Crippen LogP contribution in [0.1, 0.15) is 37.7 Å². The van der Waals surface area contributed by atoms with Crippen LogP contribution in [0, 0.1) is 29.4 Å². The van der Waals surface area contributed by atoms with Crippen molar-refractivity contribution in [3.05, 3.63) is 60.3 Å². The summed E-state index contributed by atoms with van der Waals surface area (Å²) in [4.78, 5) is 30.5. The molecule has 2 aromatic carbocycles. The van der Waals surface area contributed by atoms with E-state index in [1.54, 1.807) is 0 Å². The van der Waals surface area contributed by atoms with Crippen LogP contribution in [0.15, 0.2) is 43.1 Å². The molecule has 1 saturated carbocycles. The first kappa shape index (κ1) is 32.7. The Hall–Kier alpha value is -4.86. The van der Waals surface area contributed by atoms with Gasteiger partial charge >= 0.3 is 6.01 Å². The van der Waals surface area contributed by atoms with Crippen LogP contribution in [0.3, 0.4) is 0 Å². The highest BCUT2D eigenvalue weighted by molar-refractivity contribution is 6.03. The van der Waals surface area contributed by atoms with Crippen molar-refractivity contribution in [2.24, 2.45) is 5.41 Å². The minimum atomic E-state index is -0.786. The molecule has 2 N–H and O–H groups in total. The number of benzene rings is 2. The standard InChI is InChI=1S/C37H38F2N6O4/c1-3-26-29(38)9-8-23-17-25(46)18-27(31(23)26)33-32(39)34-28(19-40-33)35(45-12-6-5-7-24(20-45)41-30(47)4-2)43-36(42-34)49-22-37(10-11-37)21-44-13-15-48-16-14-44/h1,4,8-9,17-19,24,46H,2,5-7,10-16,20-22H2,(H,41,47)/t24-/m0/s1. The molecule has 4 heterocycles. The van der Waals surface area contributed by atoms with Crippen LogP contribution in [-0.4, -0.2) is 89.5 Å². The van der Waals surface area contributed by atoms with E-state index in [9.17, 15) is 14.3 Å². The molecule has 0 bridgehead atoms. The highest BCUT2D eigenvalue weighted by Gasteiger charge is 2.45. The average molecular weight is 669 g/mol. The van der Waals surface area contributed by atoms with Gasteiger partial charge in [-0.1, -0.05) is 18.6 Å². The number of aromatic hydroxyl groups is 1. The Labute approximate surface area is 283 Å². The summed E-state index contributed by atoms with van der Waals surface area (Å²) in [6, 6.07) is 5.30. The molecular formula is C37H38F2N6O4. The summed E-state index contributed by atoms with van der Waals surface area (Å²) in [5, 5.41) is 14.6. The lowest BCUT2D eigenvalue weighted by Crippen LogP contribution is -2.42. The van der Waals surface area contributed by atoms with E-state index in [2.05, 4.69) is 32.7 Å². The van der Waals surface area contributed by atoms with Crippen LogP contribution in [-0.2, 0) is 9.53 Å². The molecule has 2 aliphatic heterocycles. The van der Waals surface area contributed by atoms with Crippen LogP contribution in [0.5, 0.6) is 11.8 Å². The number of phenols is 1. The number of rotatable bonds is 9. The number of aromatic nitrogens is 3. The molecule has 49 heavy (non-hydrogen) atoms. The Kier molecular flexibility index (Phi) is 9.05. The van der Waals surface area contributed by atoms with Gasteiger partial charge in [0, 0.05) is 61.3 Å². The maximum absolute atomic E-state index is 16.9. The lowest BCUT2D eigenvalue weighted by Gasteiger charge is -2.30. The van der Waals surface area contributed by atoms with Crippen molar-refractivity contribution in [1.29, 1.82) is 0 Å². The van der Waals surface area contributed by atoms with Gasteiger partial charge in [0.25, 0.3) is 0 Å². The quantitative estimate of drug-likeness (QED) is 0.189. The Balaban J connectivity index is 1.32. The Bertz CT molecular complexity index is 1970. The molecule has 2 aromatic heterocycles. The Morgan fingerprint density at radius 3 is 2.78 bits per heavy atom. The number of hydrogen-bond acceptors (Lipinski definition) is 9. The fraction of sp³-hybridized carbons (Fsp3) is 0.405. The van der Waals surface area contributed by atoms with Crippen molar-refractivity contribution in [2.75, 3.05) is 57.4 Å². The molecule has 10 nitrogen and oxygen atoms in total. The van der Waals surface area contributed by atoms with E-state index in [0.717, 1.165) is 51.7 Å². The number of carbonyl (C=O) groups is 1. The molecule has 2 saturated heterocycles. The van der Waals surface area contributed by atoms with E-state index in [0.29, 0.717) is 49.5 Å². The maximum Gasteiger partial charge on any atom is 0.319 e. The minimum Gasteiger partial charge on any atom is -0.508 e. The van der Waals surface area contributed by atoms with Gasteiger partial charge in [0.15, 0.2) is 5.82 Å². The van der Waals surface area contributed by atoms with Gasteiger partial charge in [0.2, 0.25) is 5.91 Å². The first-order chi connectivity index (χ1) is 23.8.